The van der Waals surface area contributed by atoms with Gasteiger partial charge in [-0.3, -0.25) is 4.79 Å². The number of ether oxygens (including phenoxy) is 1. The van der Waals surface area contributed by atoms with Gasteiger partial charge in [-0.25, -0.2) is 5.43 Å². The molecule has 0 unspecified atom stereocenters. The van der Waals surface area contributed by atoms with Crippen molar-refractivity contribution in [3.05, 3.63) is 94.0 Å². The fraction of sp³-hybridized carbons (Fsp3) is 0.0476. The number of rotatable bonds is 6. The van der Waals surface area contributed by atoms with Crippen LogP contribution in [0.25, 0.3) is 0 Å². The first-order valence-corrected chi connectivity index (χ1v) is 9.00. The van der Waals surface area contributed by atoms with Crippen LogP contribution in [0.2, 0.25) is 0 Å². The highest BCUT2D eigenvalue weighted by molar-refractivity contribution is 9.10. The fourth-order valence-electron chi connectivity index (χ4n) is 2.35. The molecule has 0 spiro atoms. The number of halogens is 1. The summed E-state index contributed by atoms with van der Waals surface area (Å²) < 4.78 is 6.88. The average molecular weight is 425 g/mol. The van der Waals surface area contributed by atoms with E-state index in [9.17, 15) is 9.90 Å². The molecule has 0 heterocycles. The molecule has 1 amide bonds. The lowest BCUT2D eigenvalue weighted by Gasteiger charge is -2.09. The number of nitrogens with zero attached hydrogens (tertiary/aromatic N) is 1. The van der Waals surface area contributed by atoms with Crippen molar-refractivity contribution < 1.29 is 14.6 Å². The van der Waals surface area contributed by atoms with Crippen LogP contribution in [-0.4, -0.2) is 17.2 Å². The lowest BCUT2D eigenvalue weighted by molar-refractivity contribution is 0.0952. The molecule has 0 radical (unpaired) electrons. The maximum absolute atomic E-state index is 12.1. The van der Waals surface area contributed by atoms with E-state index in [0.717, 1.165) is 15.6 Å². The third kappa shape index (κ3) is 5.18. The third-order valence-electron chi connectivity index (χ3n) is 3.75. The molecule has 0 atom stereocenters. The quantitative estimate of drug-likeness (QED) is 0.452. The summed E-state index contributed by atoms with van der Waals surface area (Å²) in [7, 11) is 0. The standard InChI is InChI=1S/C21H17BrN2O3/c22-17-11-9-15(10-12-17)14-27-20-8-4-1-5-16(20)13-23-24-21(26)18-6-2-3-7-19(18)25/h1-13,25H,14H2,(H,24,26)/b23-13+. The molecule has 136 valence electrons. The van der Waals surface area contributed by atoms with Crippen LogP contribution in [0.4, 0.5) is 0 Å². The van der Waals surface area contributed by atoms with Gasteiger partial charge in [-0.05, 0) is 42.0 Å². The van der Waals surface area contributed by atoms with Crippen LogP contribution in [0.15, 0.2) is 82.4 Å². The van der Waals surface area contributed by atoms with Crippen molar-refractivity contribution in [1.29, 1.82) is 0 Å². The Bertz CT molecular complexity index is 956. The Kier molecular flexibility index (Phi) is 6.22. The first-order chi connectivity index (χ1) is 13.1. The number of benzene rings is 3. The second-order valence-corrected chi connectivity index (χ2v) is 6.58. The van der Waals surface area contributed by atoms with Gasteiger partial charge in [0.15, 0.2) is 0 Å². The Morgan fingerprint density at radius 2 is 1.74 bits per heavy atom. The predicted octanol–water partition coefficient (Wildman–Crippen LogP) is 4.50. The van der Waals surface area contributed by atoms with Gasteiger partial charge >= 0.3 is 0 Å². The summed E-state index contributed by atoms with van der Waals surface area (Å²) in [6.45, 7) is 0.419. The van der Waals surface area contributed by atoms with Gasteiger partial charge in [-0.1, -0.05) is 52.3 Å². The summed E-state index contributed by atoms with van der Waals surface area (Å²) in [5, 5.41) is 13.7. The van der Waals surface area contributed by atoms with E-state index >= 15 is 0 Å². The molecular formula is C21H17BrN2O3. The van der Waals surface area contributed by atoms with Crippen LogP contribution >= 0.6 is 15.9 Å². The summed E-state index contributed by atoms with van der Waals surface area (Å²) in [4.78, 5) is 12.1. The Hall–Kier alpha value is -3.12. The Balaban J connectivity index is 1.65. The van der Waals surface area contributed by atoms with E-state index in [1.807, 2.05) is 48.5 Å². The van der Waals surface area contributed by atoms with E-state index in [2.05, 4.69) is 26.5 Å². The summed E-state index contributed by atoms with van der Waals surface area (Å²) in [5.74, 6) is 0.0713. The fourth-order valence-corrected chi connectivity index (χ4v) is 2.61. The van der Waals surface area contributed by atoms with Crippen LogP contribution < -0.4 is 10.2 Å². The van der Waals surface area contributed by atoms with Crippen LogP contribution in [0, 0.1) is 0 Å². The van der Waals surface area contributed by atoms with Crippen LogP contribution in [0.1, 0.15) is 21.5 Å². The number of phenols is 1. The molecule has 0 saturated carbocycles. The van der Waals surface area contributed by atoms with Gasteiger partial charge in [0, 0.05) is 10.0 Å². The van der Waals surface area contributed by atoms with Crippen molar-refractivity contribution in [2.45, 2.75) is 6.61 Å². The van der Waals surface area contributed by atoms with Gasteiger partial charge in [0.1, 0.15) is 18.1 Å². The molecule has 3 aromatic rings. The van der Waals surface area contributed by atoms with Gasteiger partial charge in [0.2, 0.25) is 0 Å². The minimum absolute atomic E-state index is 0.0940. The van der Waals surface area contributed by atoms with Crippen molar-refractivity contribution in [2.24, 2.45) is 5.10 Å². The summed E-state index contributed by atoms with van der Waals surface area (Å²) in [6, 6.07) is 21.6. The lowest BCUT2D eigenvalue weighted by Crippen LogP contribution is -2.17. The normalized spacial score (nSPS) is 10.7. The Morgan fingerprint density at radius 3 is 2.52 bits per heavy atom. The molecule has 0 fully saturated rings. The number of hydrazone groups is 1. The minimum atomic E-state index is -0.488. The number of nitrogens with one attached hydrogen (secondary N) is 1. The van der Waals surface area contributed by atoms with Gasteiger partial charge in [0.05, 0.1) is 11.8 Å². The van der Waals surface area contributed by atoms with E-state index in [-0.39, 0.29) is 11.3 Å². The monoisotopic (exact) mass is 424 g/mol. The van der Waals surface area contributed by atoms with Crippen molar-refractivity contribution in [1.82, 2.24) is 5.43 Å². The zero-order valence-corrected chi connectivity index (χ0v) is 15.9. The first kappa shape index (κ1) is 18.7. The second-order valence-electron chi connectivity index (χ2n) is 5.67. The molecule has 3 rings (SSSR count). The van der Waals surface area contributed by atoms with Crippen LogP contribution in [0.3, 0.4) is 0 Å². The topological polar surface area (TPSA) is 70.9 Å². The number of carbonyl (C=O) groups excluding carboxylic acids is 1. The van der Waals surface area contributed by atoms with Crippen molar-refractivity contribution in [3.8, 4) is 11.5 Å². The summed E-state index contributed by atoms with van der Waals surface area (Å²) in [6.07, 6.45) is 1.51. The lowest BCUT2D eigenvalue weighted by atomic mass is 10.2. The van der Waals surface area contributed by atoms with Crippen LogP contribution in [0.5, 0.6) is 11.5 Å². The minimum Gasteiger partial charge on any atom is -0.507 e. The van der Waals surface area contributed by atoms with Gasteiger partial charge in [-0.15, -0.1) is 0 Å². The number of hydrogen-bond acceptors (Lipinski definition) is 4. The number of para-hydroxylation sites is 2. The molecule has 5 nitrogen and oxygen atoms in total. The summed E-state index contributed by atoms with van der Waals surface area (Å²) >= 11 is 3.41. The van der Waals surface area contributed by atoms with E-state index < -0.39 is 5.91 Å². The highest BCUT2D eigenvalue weighted by Gasteiger charge is 2.09. The van der Waals surface area contributed by atoms with Gasteiger partial charge < -0.3 is 9.84 Å². The average Bonchev–Trinajstić information content (AvgIpc) is 2.68. The van der Waals surface area contributed by atoms with Crippen LogP contribution in [-0.2, 0) is 6.61 Å². The third-order valence-corrected chi connectivity index (χ3v) is 4.27. The van der Waals surface area contributed by atoms with E-state index in [1.54, 1.807) is 12.1 Å². The molecular weight excluding hydrogens is 408 g/mol. The molecule has 27 heavy (non-hydrogen) atoms. The first-order valence-electron chi connectivity index (χ1n) is 8.21. The smallest absolute Gasteiger partial charge is 0.275 e. The molecule has 0 aromatic heterocycles. The van der Waals surface area contributed by atoms with E-state index in [4.69, 9.17) is 4.74 Å². The predicted molar refractivity (Wildman–Crippen MR) is 108 cm³/mol. The zero-order valence-electron chi connectivity index (χ0n) is 14.3. The second kappa shape index (κ2) is 9.00. The Morgan fingerprint density at radius 1 is 1.04 bits per heavy atom. The molecule has 0 aliphatic heterocycles. The Labute approximate surface area is 165 Å². The van der Waals surface area contributed by atoms with Gasteiger partial charge in [-0.2, -0.15) is 5.10 Å². The molecule has 6 heteroatoms. The number of phenolic OH excluding ortho intramolecular Hbond substituents is 1. The highest BCUT2D eigenvalue weighted by atomic mass is 79.9. The largest absolute Gasteiger partial charge is 0.507 e. The van der Waals surface area contributed by atoms with E-state index in [1.165, 1.54) is 18.3 Å². The number of carbonyl (C=O) groups is 1. The van der Waals surface area contributed by atoms with E-state index in [0.29, 0.717) is 12.4 Å². The van der Waals surface area contributed by atoms with Crippen molar-refractivity contribution in [3.63, 3.8) is 0 Å². The molecule has 0 saturated heterocycles. The summed E-state index contributed by atoms with van der Waals surface area (Å²) in [5.41, 5.74) is 4.34. The van der Waals surface area contributed by atoms with Gasteiger partial charge in [0.25, 0.3) is 5.91 Å². The van der Waals surface area contributed by atoms with Crippen molar-refractivity contribution >= 4 is 28.1 Å². The van der Waals surface area contributed by atoms with Crippen molar-refractivity contribution in [2.75, 3.05) is 0 Å². The number of amides is 1. The molecule has 3 aromatic carbocycles. The SMILES string of the molecule is O=C(N/N=C/c1ccccc1OCc1ccc(Br)cc1)c1ccccc1O. The zero-order chi connectivity index (χ0) is 19.1. The highest BCUT2D eigenvalue weighted by Crippen LogP contribution is 2.19. The molecule has 0 aliphatic carbocycles. The number of aromatic hydroxyl groups is 1. The maximum atomic E-state index is 12.1. The molecule has 0 aliphatic rings. The number of hydrogen-bond donors (Lipinski definition) is 2. The molecule has 0 bridgehead atoms. The maximum Gasteiger partial charge on any atom is 0.275 e. The molecule has 2 N–H and O–H groups in total.